The van der Waals surface area contributed by atoms with Crippen LogP contribution in [0.4, 0.5) is 0 Å². The Hall–Kier alpha value is -1.46. The van der Waals surface area contributed by atoms with Crippen molar-refractivity contribution in [2.45, 2.75) is 51.0 Å². The van der Waals surface area contributed by atoms with Crippen molar-refractivity contribution < 1.29 is 9.90 Å². The molecule has 0 spiro atoms. The smallest absolute Gasteiger partial charge is 0.303 e. The summed E-state index contributed by atoms with van der Waals surface area (Å²) in [6.45, 7) is 0. The van der Waals surface area contributed by atoms with Crippen LogP contribution >= 0.6 is 0 Å². The average molecular weight is 224 g/mol. The number of carboxylic acid groups (broad SMARTS) is 1. The van der Waals surface area contributed by atoms with Crippen LogP contribution in [0.1, 0.15) is 50.4 Å². The van der Waals surface area contributed by atoms with Gasteiger partial charge in [-0.3, -0.25) is 4.79 Å². The SMILES string of the molecule is O=C(O)CCc1nnn(C2CCCCC2)n1. The van der Waals surface area contributed by atoms with Gasteiger partial charge in [-0.1, -0.05) is 19.3 Å². The lowest BCUT2D eigenvalue weighted by atomic mass is 9.96. The second kappa shape index (κ2) is 5.05. The van der Waals surface area contributed by atoms with E-state index >= 15 is 0 Å². The predicted octanol–water partition coefficient (Wildman–Crippen LogP) is 1.20. The van der Waals surface area contributed by atoms with Crippen molar-refractivity contribution in [1.82, 2.24) is 20.2 Å². The number of carbonyl (C=O) groups is 1. The molecule has 88 valence electrons. The third-order valence-corrected chi connectivity index (χ3v) is 2.93. The Bertz CT molecular complexity index is 357. The zero-order chi connectivity index (χ0) is 11.4. The van der Waals surface area contributed by atoms with E-state index in [-0.39, 0.29) is 6.42 Å². The third kappa shape index (κ3) is 2.77. The largest absolute Gasteiger partial charge is 0.481 e. The number of rotatable bonds is 4. The topological polar surface area (TPSA) is 80.9 Å². The van der Waals surface area contributed by atoms with Gasteiger partial charge in [0, 0.05) is 6.42 Å². The number of aromatic nitrogens is 4. The molecule has 1 fully saturated rings. The summed E-state index contributed by atoms with van der Waals surface area (Å²) in [6, 6.07) is 0.361. The summed E-state index contributed by atoms with van der Waals surface area (Å²) < 4.78 is 0. The summed E-state index contributed by atoms with van der Waals surface area (Å²) in [5.41, 5.74) is 0. The summed E-state index contributed by atoms with van der Waals surface area (Å²) in [5.74, 6) is -0.290. The minimum atomic E-state index is -0.825. The van der Waals surface area contributed by atoms with Crippen molar-refractivity contribution in [3.8, 4) is 0 Å². The van der Waals surface area contributed by atoms with E-state index in [1.807, 2.05) is 0 Å². The van der Waals surface area contributed by atoms with Crippen LogP contribution in [0.25, 0.3) is 0 Å². The quantitative estimate of drug-likeness (QED) is 0.831. The zero-order valence-electron chi connectivity index (χ0n) is 9.17. The van der Waals surface area contributed by atoms with Gasteiger partial charge in [0.2, 0.25) is 0 Å². The lowest BCUT2D eigenvalue weighted by Crippen LogP contribution is -2.15. The Labute approximate surface area is 93.6 Å². The van der Waals surface area contributed by atoms with Gasteiger partial charge < -0.3 is 5.11 Å². The second-order valence-electron chi connectivity index (χ2n) is 4.21. The van der Waals surface area contributed by atoms with Crippen molar-refractivity contribution in [3.63, 3.8) is 0 Å². The number of carboxylic acids is 1. The van der Waals surface area contributed by atoms with E-state index in [1.54, 1.807) is 4.80 Å². The van der Waals surface area contributed by atoms with Gasteiger partial charge in [-0.05, 0) is 18.1 Å². The summed E-state index contributed by atoms with van der Waals surface area (Å²) in [6.07, 6.45) is 6.37. The zero-order valence-corrected chi connectivity index (χ0v) is 9.17. The molecule has 1 heterocycles. The molecule has 6 heteroatoms. The maximum absolute atomic E-state index is 10.4. The highest BCUT2D eigenvalue weighted by atomic mass is 16.4. The van der Waals surface area contributed by atoms with Crippen molar-refractivity contribution in [1.29, 1.82) is 0 Å². The molecule has 1 N–H and O–H groups in total. The van der Waals surface area contributed by atoms with Crippen molar-refractivity contribution >= 4 is 5.97 Å². The summed E-state index contributed by atoms with van der Waals surface area (Å²) in [5, 5.41) is 20.7. The van der Waals surface area contributed by atoms with Crippen molar-refractivity contribution in [3.05, 3.63) is 5.82 Å². The van der Waals surface area contributed by atoms with Gasteiger partial charge in [-0.2, -0.15) is 4.80 Å². The second-order valence-corrected chi connectivity index (χ2v) is 4.21. The molecule has 0 aliphatic heterocycles. The maximum atomic E-state index is 10.4. The highest BCUT2D eigenvalue weighted by molar-refractivity contribution is 5.66. The molecule has 0 saturated heterocycles. The Morgan fingerprint density at radius 2 is 2.12 bits per heavy atom. The average Bonchev–Trinajstić information content (AvgIpc) is 2.76. The number of hydrogen-bond acceptors (Lipinski definition) is 4. The fraction of sp³-hybridized carbons (Fsp3) is 0.800. The Morgan fingerprint density at radius 3 is 2.81 bits per heavy atom. The van der Waals surface area contributed by atoms with Gasteiger partial charge >= 0.3 is 5.97 Å². The molecule has 0 amide bonds. The van der Waals surface area contributed by atoms with E-state index in [1.165, 1.54) is 19.3 Å². The predicted molar refractivity (Wildman–Crippen MR) is 55.9 cm³/mol. The highest BCUT2D eigenvalue weighted by Gasteiger charge is 2.18. The van der Waals surface area contributed by atoms with Crippen LogP contribution in [0.5, 0.6) is 0 Å². The molecule has 0 aromatic carbocycles. The normalized spacial score (nSPS) is 17.5. The minimum Gasteiger partial charge on any atom is -0.481 e. The van der Waals surface area contributed by atoms with Crippen LogP contribution in [0.2, 0.25) is 0 Å². The van der Waals surface area contributed by atoms with E-state index < -0.39 is 5.97 Å². The maximum Gasteiger partial charge on any atom is 0.303 e. The van der Waals surface area contributed by atoms with E-state index in [0.29, 0.717) is 18.3 Å². The van der Waals surface area contributed by atoms with E-state index in [9.17, 15) is 4.79 Å². The molecule has 0 atom stereocenters. The van der Waals surface area contributed by atoms with Gasteiger partial charge in [-0.25, -0.2) is 0 Å². The van der Waals surface area contributed by atoms with Crippen LogP contribution < -0.4 is 0 Å². The molecule has 1 aliphatic rings. The first-order valence-corrected chi connectivity index (χ1v) is 5.76. The molecular weight excluding hydrogens is 208 g/mol. The van der Waals surface area contributed by atoms with E-state index in [2.05, 4.69) is 15.4 Å². The molecular formula is C10H16N4O2. The first-order chi connectivity index (χ1) is 7.75. The first-order valence-electron chi connectivity index (χ1n) is 5.76. The Morgan fingerprint density at radius 1 is 1.38 bits per heavy atom. The van der Waals surface area contributed by atoms with Crippen LogP contribution in [-0.4, -0.2) is 31.3 Å². The van der Waals surface area contributed by atoms with Crippen LogP contribution in [0.15, 0.2) is 0 Å². The number of aliphatic carboxylic acids is 1. The van der Waals surface area contributed by atoms with Crippen LogP contribution in [0.3, 0.4) is 0 Å². The van der Waals surface area contributed by atoms with Crippen LogP contribution in [-0.2, 0) is 11.2 Å². The lowest BCUT2D eigenvalue weighted by molar-refractivity contribution is -0.137. The number of tetrazole rings is 1. The molecule has 6 nitrogen and oxygen atoms in total. The number of hydrogen-bond donors (Lipinski definition) is 1. The van der Waals surface area contributed by atoms with Gasteiger partial charge in [-0.15, -0.1) is 10.2 Å². The summed E-state index contributed by atoms with van der Waals surface area (Å²) in [7, 11) is 0. The summed E-state index contributed by atoms with van der Waals surface area (Å²) >= 11 is 0. The standard InChI is InChI=1S/C10H16N4O2/c15-10(16)7-6-9-11-13-14(12-9)8-4-2-1-3-5-8/h8H,1-7H2,(H,15,16). The molecule has 1 aromatic rings. The third-order valence-electron chi connectivity index (χ3n) is 2.93. The minimum absolute atomic E-state index is 0.0658. The van der Waals surface area contributed by atoms with Gasteiger partial charge in [0.15, 0.2) is 5.82 Å². The fourth-order valence-corrected chi connectivity index (χ4v) is 2.04. The molecule has 0 bridgehead atoms. The number of nitrogens with zero attached hydrogens (tertiary/aromatic N) is 4. The number of aryl methyl sites for hydroxylation is 1. The molecule has 1 aliphatic carbocycles. The fourth-order valence-electron chi connectivity index (χ4n) is 2.04. The van der Waals surface area contributed by atoms with Crippen LogP contribution in [0, 0.1) is 0 Å². The van der Waals surface area contributed by atoms with Gasteiger partial charge in [0.1, 0.15) is 0 Å². The molecule has 1 saturated carbocycles. The van der Waals surface area contributed by atoms with Crippen molar-refractivity contribution in [2.24, 2.45) is 0 Å². The van der Waals surface area contributed by atoms with Gasteiger partial charge in [0.05, 0.1) is 12.5 Å². The lowest BCUT2D eigenvalue weighted by Gasteiger charge is -2.19. The molecule has 2 rings (SSSR count). The Balaban J connectivity index is 1.93. The molecule has 0 unspecified atom stereocenters. The molecule has 1 aromatic heterocycles. The highest BCUT2D eigenvalue weighted by Crippen LogP contribution is 2.26. The summed E-state index contributed by atoms with van der Waals surface area (Å²) in [4.78, 5) is 12.1. The molecule has 16 heavy (non-hydrogen) atoms. The first kappa shape index (κ1) is 11.0. The molecule has 0 radical (unpaired) electrons. The van der Waals surface area contributed by atoms with Gasteiger partial charge in [0.25, 0.3) is 0 Å². The Kier molecular flexibility index (Phi) is 3.48. The monoisotopic (exact) mass is 224 g/mol. The van der Waals surface area contributed by atoms with Crippen molar-refractivity contribution in [2.75, 3.05) is 0 Å². The van der Waals surface area contributed by atoms with E-state index in [0.717, 1.165) is 12.8 Å². The van der Waals surface area contributed by atoms with E-state index in [4.69, 9.17) is 5.11 Å².